The first kappa shape index (κ1) is 13.4. The molecule has 1 fully saturated rings. The zero-order chi connectivity index (χ0) is 14.9. The number of hydrogen-bond acceptors (Lipinski definition) is 4. The van der Waals surface area contributed by atoms with Gasteiger partial charge in [0.15, 0.2) is 0 Å². The molecule has 1 aliphatic heterocycles. The van der Waals surface area contributed by atoms with Crippen molar-refractivity contribution in [3.8, 4) is 11.1 Å². The fraction of sp³-hybridized carbons (Fsp3) is 0.294. The molecular weight excluding hydrogens is 276 g/mol. The number of fused-ring (bicyclic) bond motifs is 1. The van der Waals surface area contributed by atoms with Crippen LogP contribution < -0.4 is 5.32 Å². The van der Waals surface area contributed by atoms with E-state index in [0.29, 0.717) is 6.04 Å². The van der Waals surface area contributed by atoms with Crippen LogP contribution in [0.1, 0.15) is 18.6 Å². The predicted molar refractivity (Wildman–Crippen MR) is 84.6 cm³/mol. The maximum Gasteiger partial charge on any atom is 0.0975 e. The molecule has 0 radical (unpaired) electrons. The molecule has 0 bridgehead atoms. The van der Waals surface area contributed by atoms with E-state index in [1.807, 2.05) is 18.3 Å². The normalized spacial score (nSPS) is 22.0. The molecule has 0 aliphatic carbocycles. The summed E-state index contributed by atoms with van der Waals surface area (Å²) < 4.78 is 7.54. The Balaban J connectivity index is 1.67. The minimum Gasteiger partial charge on any atom is -0.371 e. The Morgan fingerprint density at radius 1 is 1.18 bits per heavy atom. The van der Waals surface area contributed by atoms with Gasteiger partial charge in [-0.2, -0.15) is 14.8 Å². The average molecular weight is 294 g/mol. The van der Waals surface area contributed by atoms with Gasteiger partial charge in [0.25, 0.3) is 0 Å². The number of ether oxygens (including phenoxy) is 1. The Kier molecular flexibility index (Phi) is 3.36. The van der Waals surface area contributed by atoms with Crippen molar-refractivity contribution in [1.29, 1.82) is 0 Å². The summed E-state index contributed by atoms with van der Waals surface area (Å²) in [5.41, 5.74) is 4.45. The van der Waals surface area contributed by atoms with E-state index < -0.39 is 0 Å². The summed E-state index contributed by atoms with van der Waals surface area (Å²) in [5.74, 6) is 0. The van der Waals surface area contributed by atoms with Gasteiger partial charge < -0.3 is 10.1 Å². The summed E-state index contributed by atoms with van der Waals surface area (Å²) in [7, 11) is 0. The minimum absolute atomic E-state index is 0.119. The third-order valence-corrected chi connectivity index (χ3v) is 4.17. The molecule has 3 aromatic rings. The van der Waals surface area contributed by atoms with Crippen LogP contribution in [0, 0.1) is 0 Å². The van der Waals surface area contributed by atoms with E-state index >= 15 is 0 Å². The first-order chi connectivity index (χ1) is 10.8. The highest BCUT2D eigenvalue weighted by Crippen LogP contribution is 2.28. The standard InChI is InChI=1S/C17H18N4O/c1-12-17(22-10-9-18-12)14-6-4-13(5-7-14)15-11-20-21-16(15)3-2-8-19-21/h2-8,11-12,17-18H,9-10H2,1H3. The molecule has 2 unspecified atom stereocenters. The molecule has 2 aromatic heterocycles. The molecule has 0 amide bonds. The van der Waals surface area contributed by atoms with Gasteiger partial charge in [-0.1, -0.05) is 24.3 Å². The highest BCUT2D eigenvalue weighted by atomic mass is 16.5. The lowest BCUT2D eigenvalue weighted by Gasteiger charge is -2.30. The van der Waals surface area contributed by atoms with Gasteiger partial charge in [0.05, 0.1) is 24.4 Å². The monoisotopic (exact) mass is 294 g/mol. The minimum atomic E-state index is 0.119. The predicted octanol–water partition coefficient (Wildman–Crippen LogP) is 2.45. The van der Waals surface area contributed by atoms with Crippen LogP contribution in [0.2, 0.25) is 0 Å². The third-order valence-electron chi connectivity index (χ3n) is 4.17. The maximum atomic E-state index is 5.89. The second kappa shape index (κ2) is 5.51. The number of benzene rings is 1. The topological polar surface area (TPSA) is 51.5 Å². The Labute approximate surface area is 128 Å². The van der Waals surface area contributed by atoms with Crippen molar-refractivity contribution >= 4 is 5.52 Å². The van der Waals surface area contributed by atoms with Crippen LogP contribution in [0.3, 0.4) is 0 Å². The van der Waals surface area contributed by atoms with Crippen molar-refractivity contribution in [2.75, 3.05) is 13.2 Å². The first-order valence-electron chi connectivity index (χ1n) is 7.57. The second-order valence-electron chi connectivity index (χ2n) is 5.61. The molecule has 3 heterocycles. The summed E-state index contributed by atoms with van der Waals surface area (Å²) in [6, 6.07) is 12.8. The number of aromatic nitrogens is 3. The van der Waals surface area contributed by atoms with Crippen molar-refractivity contribution in [3.05, 3.63) is 54.4 Å². The number of hydrogen-bond donors (Lipinski definition) is 1. The number of nitrogens with zero attached hydrogens (tertiary/aromatic N) is 3. The molecule has 1 saturated heterocycles. The quantitative estimate of drug-likeness (QED) is 0.789. The second-order valence-corrected chi connectivity index (χ2v) is 5.61. The van der Waals surface area contributed by atoms with Gasteiger partial charge in [0.1, 0.15) is 0 Å². The molecule has 1 aliphatic rings. The van der Waals surface area contributed by atoms with Gasteiger partial charge in [-0.25, -0.2) is 0 Å². The molecule has 5 heteroatoms. The van der Waals surface area contributed by atoms with Gasteiger partial charge >= 0.3 is 0 Å². The molecule has 1 aromatic carbocycles. The molecule has 2 atom stereocenters. The summed E-state index contributed by atoms with van der Waals surface area (Å²) in [4.78, 5) is 0. The number of nitrogens with one attached hydrogen (secondary N) is 1. The van der Waals surface area contributed by atoms with Crippen LogP contribution in [-0.4, -0.2) is 34.0 Å². The van der Waals surface area contributed by atoms with Crippen LogP contribution >= 0.6 is 0 Å². The Morgan fingerprint density at radius 2 is 2.05 bits per heavy atom. The molecular formula is C17H18N4O. The Bertz CT molecular complexity index is 781. The lowest BCUT2D eigenvalue weighted by molar-refractivity contribution is -0.000214. The summed E-state index contributed by atoms with van der Waals surface area (Å²) in [5, 5.41) is 11.9. The zero-order valence-electron chi connectivity index (χ0n) is 12.4. The van der Waals surface area contributed by atoms with E-state index in [0.717, 1.165) is 29.8 Å². The van der Waals surface area contributed by atoms with Gasteiger partial charge in [-0.15, -0.1) is 0 Å². The van der Waals surface area contributed by atoms with Gasteiger partial charge in [0, 0.05) is 24.3 Å². The van der Waals surface area contributed by atoms with Crippen molar-refractivity contribution in [2.45, 2.75) is 19.1 Å². The van der Waals surface area contributed by atoms with Crippen molar-refractivity contribution in [2.24, 2.45) is 0 Å². The molecule has 4 rings (SSSR count). The van der Waals surface area contributed by atoms with Gasteiger partial charge in [0.2, 0.25) is 0 Å². The van der Waals surface area contributed by atoms with Crippen molar-refractivity contribution < 1.29 is 4.74 Å². The fourth-order valence-corrected chi connectivity index (χ4v) is 3.02. The molecule has 5 nitrogen and oxygen atoms in total. The first-order valence-corrected chi connectivity index (χ1v) is 7.57. The summed E-state index contributed by atoms with van der Waals surface area (Å²) >= 11 is 0. The van der Waals surface area contributed by atoms with Crippen molar-refractivity contribution in [1.82, 2.24) is 20.1 Å². The van der Waals surface area contributed by atoms with E-state index in [1.54, 1.807) is 10.8 Å². The van der Waals surface area contributed by atoms with E-state index in [9.17, 15) is 0 Å². The Morgan fingerprint density at radius 3 is 2.86 bits per heavy atom. The van der Waals surface area contributed by atoms with Crippen LogP contribution in [0.25, 0.3) is 16.6 Å². The van der Waals surface area contributed by atoms with Crippen LogP contribution in [-0.2, 0) is 4.74 Å². The third kappa shape index (κ3) is 2.28. The average Bonchev–Trinajstić information content (AvgIpc) is 3.00. The van der Waals surface area contributed by atoms with E-state index in [4.69, 9.17) is 4.74 Å². The molecule has 22 heavy (non-hydrogen) atoms. The Hall–Kier alpha value is -2.24. The smallest absolute Gasteiger partial charge is 0.0975 e. The largest absolute Gasteiger partial charge is 0.371 e. The number of morpholine rings is 1. The highest BCUT2D eigenvalue weighted by molar-refractivity contribution is 5.79. The fourth-order valence-electron chi connectivity index (χ4n) is 3.02. The van der Waals surface area contributed by atoms with E-state index in [2.05, 4.69) is 46.7 Å². The molecule has 1 N–H and O–H groups in total. The van der Waals surface area contributed by atoms with E-state index in [-0.39, 0.29) is 6.10 Å². The van der Waals surface area contributed by atoms with Gasteiger partial charge in [-0.3, -0.25) is 0 Å². The molecule has 112 valence electrons. The lowest BCUT2D eigenvalue weighted by atomic mass is 9.99. The number of rotatable bonds is 2. The van der Waals surface area contributed by atoms with Crippen LogP contribution in [0.5, 0.6) is 0 Å². The summed E-state index contributed by atoms with van der Waals surface area (Å²) in [6.07, 6.45) is 3.72. The van der Waals surface area contributed by atoms with Crippen LogP contribution in [0.4, 0.5) is 0 Å². The maximum absolute atomic E-state index is 5.89. The molecule has 0 saturated carbocycles. The highest BCUT2D eigenvalue weighted by Gasteiger charge is 2.23. The van der Waals surface area contributed by atoms with E-state index in [1.165, 1.54) is 5.56 Å². The lowest BCUT2D eigenvalue weighted by Crippen LogP contribution is -2.41. The van der Waals surface area contributed by atoms with Crippen molar-refractivity contribution in [3.63, 3.8) is 0 Å². The summed E-state index contributed by atoms with van der Waals surface area (Å²) in [6.45, 7) is 3.84. The van der Waals surface area contributed by atoms with Crippen LogP contribution in [0.15, 0.2) is 48.8 Å². The SMILES string of the molecule is CC1NCCOC1c1ccc(-c2cnn3ncccc23)cc1. The molecule has 0 spiro atoms. The van der Waals surface area contributed by atoms with Gasteiger partial charge in [-0.05, 0) is 30.2 Å². The zero-order valence-corrected chi connectivity index (χ0v) is 12.4.